The number of benzene rings is 2. The maximum Gasteiger partial charge on any atom is 0.410 e. The molecule has 2 aromatic rings. The summed E-state index contributed by atoms with van der Waals surface area (Å²) in [4.78, 5) is 39.8. The van der Waals surface area contributed by atoms with Gasteiger partial charge in [-0.15, -0.1) is 6.58 Å². The Hall–Kier alpha value is -3.61. The summed E-state index contributed by atoms with van der Waals surface area (Å²) in [7, 11) is 0. The van der Waals surface area contributed by atoms with E-state index in [-0.39, 0.29) is 31.3 Å². The van der Waals surface area contributed by atoms with Crippen molar-refractivity contribution in [1.82, 2.24) is 4.90 Å². The highest BCUT2D eigenvalue weighted by Gasteiger charge is 2.52. The van der Waals surface area contributed by atoms with Crippen molar-refractivity contribution in [3.05, 3.63) is 72.3 Å². The highest BCUT2D eigenvalue weighted by Crippen LogP contribution is 2.45. The van der Waals surface area contributed by atoms with Gasteiger partial charge in [-0.2, -0.15) is 0 Å². The fourth-order valence-electron chi connectivity index (χ4n) is 5.43. The van der Waals surface area contributed by atoms with Gasteiger partial charge in [-0.05, 0) is 53.9 Å². The van der Waals surface area contributed by atoms with Crippen LogP contribution in [0.5, 0.6) is 0 Å². The number of hydrogen-bond acceptors (Lipinski definition) is 5. The second-order valence-corrected chi connectivity index (χ2v) is 9.95. The van der Waals surface area contributed by atoms with Crippen LogP contribution >= 0.6 is 0 Å². The summed E-state index contributed by atoms with van der Waals surface area (Å²) in [6, 6.07) is 16.2. The predicted molar refractivity (Wildman–Crippen MR) is 136 cm³/mol. The Bertz CT molecular complexity index is 1110. The number of ether oxygens (including phenoxy) is 2. The van der Waals surface area contributed by atoms with Crippen LogP contribution in [-0.2, 0) is 19.1 Å². The van der Waals surface area contributed by atoms with Crippen molar-refractivity contribution < 1.29 is 29.0 Å². The number of hydrogen-bond donors (Lipinski definition) is 1. The van der Waals surface area contributed by atoms with E-state index in [2.05, 4.69) is 18.7 Å². The monoisotopic (exact) mass is 491 g/mol. The molecule has 0 spiro atoms. The number of carboxylic acids is 1. The first-order valence-electron chi connectivity index (χ1n) is 12.5. The molecule has 1 fully saturated rings. The fourth-order valence-corrected chi connectivity index (χ4v) is 5.43. The van der Waals surface area contributed by atoms with E-state index in [0.29, 0.717) is 19.4 Å². The van der Waals surface area contributed by atoms with Gasteiger partial charge < -0.3 is 14.6 Å². The van der Waals surface area contributed by atoms with Gasteiger partial charge in [0, 0.05) is 12.5 Å². The molecule has 1 aliphatic carbocycles. The number of carbonyl (C=O) groups is 3. The van der Waals surface area contributed by atoms with Crippen LogP contribution in [0.2, 0.25) is 0 Å². The average molecular weight is 492 g/mol. The van der Waals surface area contributed by atoms with Gasteiger partial charge in [-0.25, -0.2) is 14.4 Å². The largest absolute Gasteiger partial charge is 0.479 e. The molecule has 2 aliphatic rings. The second kappa shape index (κ2) is 10.6. The number of fused-ring (bicyclic) bond motifs is 3. The highest BCUT2D eigenvalue weighted by molar-refractivity contribution is 5.89. The minimum atomic E-state index is -1.32. The Morgan fingerprint density at radius 2 is 1.72 bits per heavy atom. The molecule has 1 aliphatic heterocycles. The smallest absolute Gasteiger partial charge is 0.410 e. The molecule has 2 atom stereocenters. The summed E-state index contributed by atoms with van der Waals surface area (Å²) in [5, 5.41) is 9.57. The summed E-state index contributed by atoms with van der Waals surface area (Å²) in [6.45, 7) is 7.94. The Labute approximate surface area is 211 Å². The molecule has 0 bridgehead atoms. The molecule has 1 unspecified atom stereocenters. The summed E-state index contributed by atoms with van der Waals surface area (Å²) < 4.78 is 11.3. The van der Waals surface area contributed by atoms with Gasteiger partial charge in [-0.3, -0.25) is 4.90 Å². The lowest BCUT2D eigenvalue weighted by Crippen LogP contribution is -2.55. The van der Waals surface area contributed by atoms with Crippen LogP contribution in [0.3, 0.4) is 0 Å². The molecular weight excluding hydrogens is 458 g/mol. The normalized spacial score (nSPS) is 19.5. The van der Waals surface area contributed by atoms with Crippen molar-refractivity contribution in [3.63, 3.8) is 0 Å². The van der Waals surface area contributed by atoms with Crippen molar-refractivity contribution in [1.29, 1.82) is 0 Å². The van der Waals surface area contributed by atoms with Gasteiger partial charge in [0.15, 0.2) is 6.10 Å². The minimum absolute atomic E-state index is 0.0241. The predicted octanol–water partition coefficient (Wildman–Crippen LogP) is 5.39. The van der Waals surface area contributed by atoms with E-state index in [1.54, 1.807) is 6.08 Å². The molecule has 36 heavy (non-hydrogen) atoms. The van der Waals surface area contributed by atoms with Crippen LogP contribution < -0.4 is 0 Å². The quantitative estimate of drug-likeness (QED) is 0.374. The van der Waals surface area contributed by atoms with Crippen LogP contribution in [0.15, 0.2) is 61.2 Å². The minimum Gasteiger partial charge on any atom is -0.479 e. The Morgan fingerprint density at radius 3 is 2.28 bits per heavy atom. The zero-order chi connectivity index (χ0) is 25.9. The van der Waals surface area contributed by atoms with Gasteiger partial charge >= 0.3 is 18.0 Å². The molecule has 1 amide bonds. The van der Waals surface area contributed by atoms with Gasteiger partial charge in [0.05, 0.1) is 0 Å². The lowest BCUT2D eigenvalue weighted by atomic mass is 9.92. The molecule has 0 saturated carbocycles. The first-order chi connectivity index (χ1) is 17.3. The number of aliphatic carboxylic acids is 1. The van der Waals surface area contributed by atoms with Crippen molar-refractivity contribution in [2.45, 2.75) is 57.1 Å². The molecule has 1 heterocycles. The molecular formula is C29H33NO6. The highest BCUT2D eigenvalue weighted by atomic mass is 16.6. The van der Waals surface area contributed by atoms with E-state index in [9.17, 15) is 19.5 Å². The topological polar surface area (TPSA) is 93.1 Å². The maximum absolute atomic E-state index is 13.4. The van der Waals surface area contributed by atoms with Crippen molar-refractivity contribution in [2.24, 2.45) is 5.92 Å². The lowest BCUT2D eigenvalue weighted by molar-refractivity contribution is -0.172. The molecule has 0 radical (unpaired) electrons. The van der Waals surface area contributed by atoms with E-state index < -0.39 is 29.7 Å². The van der Waals surface area contributed by atoms with Crippen LogP contribution in [0.1, 0.15) is 56.6 Å². The average Bonchev–Trinajstić information content (AvgIpc) is 3.42. The second-order valence-electron chi connectivity index (χ2n) is 9.95. The number of likely N-dealkylation sites (tertiary alicyclic amines) is 1. The first-order valence-corrected chi connectivity index (χ1v) is 12.5. The van der Waals surface area contributed by atoms with E-state index in [1.165, 1.54) is 4.90 Å². The zero-order valence-corrected chi connectivity index (χ0v) is 20.8. The van der Waals surface area contributed by atoms with Crippen LogP contribution in [0.25, 0.3) is 11.1 Å². The fraction of sp³-hybridized carbons (Fsp3) is 0.414. The van der Waals surface area contributed by atoms with E-state index in [4.69, 9.17) is 9.47 Å². The summed E-state index contributed by atoms with van der Waals surface area (Å²) in [5.74, 6) is -2.00. The summed E-state index contributed by atoms with van der Waals surface area (Å²) in [6.07, 6.45) is 0.966. The van der Waals surface area contributed by atoms with Crippen LogP contribution in [0, 0.1) is 5.92 Å². The van der Waals surface area contributed by atoms with Gasteiger partial charge in [-0.1, -0.05) is 68.5 Å². The molecule has 7 heteroatoms. The third-order valence-corrected chi connectivity index (χ3v) is 7.12. The number of rotatable bonds is 9. The zero-order valence-electron chi connectivity index (χ0n) is 20.8. The molecule has 1 saturated heterocycles. The molecule has 7 nitrogen and oxygen atoms in total. The molecule has 2 aromatic carbocycles. The third kappa shape index (κ3) is 4.74. The van der Waals surface area contributed by atoms with Gasteiger partial charge in [0.2, 0.25) is 0 Å². The number of amides is 1. The van der Waals surface area contributed by atoms with Crippen molar-refractivity contribution in [3.8, 4) is 11.1 Å². The molecule has 190 valence electrons. The Morgan fingerprint density at radius 1 is 1.11 bits per heavy atom. The van der Waals surface area contributed by atoms with E-state index >= 15 is 0 Å². The lowest BCUT2D eigenvalue weighted by Gasteiger charge is -2.36. The Kier molecular flexibility index (Phi) is 7.48. The first kappa shape index (κ1) is 25.5. The van der Waals surface area contributed by atoms with E-state index in [1.807, 2.05) is 50.2 Å². The number of carbonyl (C=O) groups excluding carboxylic acids is 2. The number of carboxylic acid groups (broad SMARTS) is 1. The van der Waals surface area contributed by atoms with Gasteiger partial charge in [0.1, 0.15) is 12.1 Å². The van der Waals surface area contributed by atoms with Crippen molar-refractivity contribution in [2.75, 3.05) is 13.2 Å². The number of esters is 1. The molecule has 0 aromatic heterocycles. The van der Waals surface area contributed by atoms with Crippen LogP contribution in [-0.4, -0.2) is 52.8 Å². The SMILES string of the molecule is C=CC[C@@]1(C(=O)OC(CC(C)C)C(=O)O)CCCN1C(=O)OCC1c2ccccc2-c2ccccc21. The maximum atomic E-state index is 13.4. The third-order valence-electron chi connectivity index (χ3n) is 7.12. The number of nitrogens with zero attached hydrogens (tertiary/aromatic N) is 1. The molecule has 4 rings (SSSR count). The Balaban J connectivity index is 1.53. The van der Waals surface area contributed by atoms with Crippen molar-refractivity contribution >= 4 is 18.0 Å². The van der Waals surface area contributed by atoms with Gasteiger partial charge in [0.25, 0.3) is 0 Å². The summed E-state index contributed by atoms with van der Waals surface area (Å²) >= 11 is 0. The van der Waals surface area contributed by atoms with Crippen LogP contribution in [0.4, 0.5) is 4.79 Å². The molecule has 1 N–H and O–H groups in total. The van der Waals surface area contributed by atoms with E-state index in [0.717, 1.165) is 22.3 Å². The standard InChI is InChI=1S/C29H33NO6/c1-4-14-29(27(33)36-25(26(31)32)17-19(2)3)15-9-16-30(29)28(34)35-18-24-22-12-7-5-10-20(22)21-11-6-8-13-23(21)24/h4-8,10-13,19,24-25H,1,9,14-18H2,2-3H3,(H,31,32)/t25?,29-/m0/s1. The summed E-state index contributed by atoms with van der Waals surface area (Å²) in [5.41, 5.74) is 3.13.